The Labute approximate surface area is 110 Å². The number of halogens is 2. The van der Waals surface area contributed by atoms with E-state index in [2.05, 4.69) is 0 Å². The van der Waals surface area contributed by atoms with Gasteiger partial charge in [0.1, 0.15) is 5.82 Å². The first kappa shape index (κ1) is 12.8. The van der Waals surface area contributed by atoms with Crippen LogP contribution in [-0.4, -0.2) is 5.78 Å². The molecule has 18 heavy (non-hydrogen) atoms. The quantitative estimate of drug-likeness (QED) is 0.751. The standard InChI is InChI=1S/C15H12ClFO/c16-12-7-4-8-13(17)15(12)14(18)10-9-11-5-2-1-3-6-11/h1-8H,9-10H2. The lowest BCUT2D eigenvalue weighted by Gasteiger charge is -2.05. The van der Waals surface area contributed by atoms with Crippen molar-refractivity contribution in [1.29, 1.82) is 0 Å². The van der Waals surface area contributed by atoms with Gasteiger partial charge >= 0.3 is 0 Å². The van der Waals surface area contributed by atoms with Crippen molar-refractivity contribution in [3.63, 3.8) is 0 Å². The normalized spacial score (nSPS) is 10.3. The van der Waals surface area contributed by atoms with Crippen LogP contribution in [0.5, 0.6) is 0 Å². The molecule has 0 aliphatic carbocycles. The summed E-state index contributed by atoms with van der Waals surface area (Å²) in [6.45, 7) is 0. The Hall–Kier alpha value is -1.67. The molecule has 0 spiro atoms. The minimum absolute atomic E-state index is 0.00454. The van der Waals surface area contributed by atoms with Crippen molar-refractivity contribution in [3.8, 4) is 0 Å². The monoisotopic (exact) mass is 262 g/mol. The first-order chi connectivity index (χ1) is 8.68. The zero-order valence-electron chi connectivity index (χ0n) is 9.70. The van der Waals surface area contributed by atoms with Crippen LogP contribution >= 0.6 is 11.6 Å². The number of ketones is 1. The molecule has 0 aromatic heterocycles. The Bertz CT molecular complexity index is 531. The van der Waals surface area contributed by atoms with Gasteiger partial charge in [0.15, 0.2) is 5.78 Å². The van der Waals surface area contributed by atoms with E-state index in [1.165, 1.54) is 18.2 Å². The van der Waals surface area contributed by atoms with Crippen LogP contribution < -0.4 is 0 Å². The van der Waals surface area contributed by atoms with Gasteiger partial charge in [-0.3, -0.25) is 4.79 Å². The first-order valence-electron chi connectivity index (χ1n) is 5.69. The van der Waals surface area contributed by atoms with Crippen LogP contribution in [-0.2, 0) is 6.42 Å². The van der Waals surface area contributed by atoms with Crippen molar-refractivity contribution in [2.24, 2.45) is 0 Å². The molecule has 2 aromatic rings. The highest BCUT2D eigenvalue weighted by Gasteiger charge is 2.15. The molecular weight excluding hydrogens is 251 g/mol. The molecule has 0 saturated carbocycles. The van der Waals surface area contributed by atoms with Gasteiger partial charge in [0.05, 0.1) is 10.6 Å². The summed E-state index contributed by atoms with van der Waals surface area (Å²) in [7, 11) is 0. The van der Waals surface area contributed by atoms with Crippen molar-refractivity contribution in [1.82, 2.24) is 0 Å². The Morgan fingerprint density at radius 2 is 1.78 bits per heavy atom. The topological polar surface area (TPSA) is 17.1 Å². The summed E-state index contributed by atoms with van der Waals surface area (Å²) in [6, 6.07) is 13.9. The van der Waals surface area contributed by atoms with Crippen molar-refractivity contribution < 1.29 is 9.18 Å². The Morgan fingerprint density at radius 3 is 2.44 bits per heavy atom. The molecule has 0 atom stereocenters. The Balaban J connectivity index is 2.09. The second-order valence-corrected chi connectivity index (χ2v) is 4.41. The van der Waals surface area contributed by atoms with E-state index >= 15 is 0 Å². The summed E-state index contributed by atoms with van der Waals surface area (Å²) in [6.07, 6.45) is 0.842. The fraction of sp³-hybridized carbons (Fsp3) is 0.133. The summed E-state index contributed by atoms with van der Waals surface area (Å²) < 4.78 is 13.5. The van der Waals surface area contributed by atoms with Gasteiger partial charge < -0.3 is 0 Å². The van der Waals surface area contributed by atoms with Crippen LogP contribution in [0, 0.1) is 5.82 Å². The van der Waals surface area contributed by atoms with Gasteiger partial charge in [0.2, 0.25) is 0 Å². The lowest BCUT2D eigenvalue weighted by Crippen LogP contribution is -2.05. The maximum Gasteiger partial charge on any atom is 0.167 e. The molecule has 1 nitrogen and oxygen atoms in total. The highest BCUT2D eigenvalue weighted by Crippen LogP contribution is 2.21. The molecule has 0 aliphatic heterocycles. The lowest BCUT2D eigenvalue weighted by molar-refractivity contribution is 0.0979. The van der Waals surface area contributed by atoms with Crippen molar-refractivity contribution in [2.75, 3.05) is 0 Å². The predicted molar refractivity (Wildman–Crippen MR) is 70.5 cm³/mol. The average Bonchev–Trinajstić information content (AvgIpc) is 2.37. The molecule has 92 valence electrons. The van der Waals surface area contributed by atoms with Gasteiger partial charge in [-0.05, 0) is 24.1 Å². The average molecular weight is 263 g/mol. The zero-order chi connectivity index (χ0) is 13.0. The fourth-order valence-corrected chi connectivity index (χ4v) is 2.06. The smallest absolute Gasteiger partial charge is 0.167 e. The molecule has 0 aliphatic rings. The van der Waals surface area contributed by atoms with Gasteiger partial charge in [-0.1, -0.05) is 48.0 Å². The molecule has 0 N–H and O–H groups in total. The number of aryl methyl sites for hydroxylation is 1. The number of rotatable bonds is 4. The molecule has 0 fully saturated rings. The number of hydrogen-bond acceptors (Lipinski definition) is 1. The van der Waals surface area contributed by atoms with Gasteiger partial charge in [-0.15, -0.1) is 0 Å². The minimum Gasteiger partial charge on any atom is -0.294 e. The molecule has 0 bridgehead atoms. The number of benzene rings is 2. The third-order valence-corrected chi connectivity index (χ3v) is 3.04. The van der Waals surface area contributed by atoms with E-state index in [0.29, 0.717) is 6.42 Å². The van der Waals surface area contributed by atoms with Crippen LogP contribution in [0.25, 0.3) is 0 Å². The number of hydrogen-bond donors (Lipinski definition) is 0. The molecule has 0 radical (unpaired) electrons. The van der Waals surface area contributed by atoms with Crippen LogP contribution in [0.1, 0.15) is 22.3 Å². The van der Waals surface area contributed by atoms with E-state index < -0.39 is 5.82 Å². The van der Waals surface area contributed by atoms with Crippen molar-refractivity contribution >= 4 is 17.4 Å². The molecule has 0 saturated heterocycles. The van der Waals surface area contributed by atoms with Crippen LogP contribution in [0.4, 0.5) is 4.39 Å². The molecule has 0 amide bonds. The molecule has 0 unspecified atom stereocenters. The summed E-state index contributed by atoms with van der Waals surface area (Å²) in [5, 5.41) is 0.174. The summed E-state index contributed by atoms with van der Waals surface area (Å²) in [5.41, 5.74) is 1.05. The van der Waals surface area contributed by atoms with Gasteiger partial charge in [0, 0.05) is 6.42 Å². The molecule has 3 heteroatoms. The largest absolute Gasteiger partial charge is 0.294 e. The predicted octanol–water partition coefficient (Wildman–Crippen LogP) is 4.29. The van der Waals surface area contributed by atoms with E-state index in [4.69, 9.17) is 11.6 Å². The molecule has 2 aromatic carbocycles. The Morgan fingerprint density at radius 1 is 1.06 bits per heavy atom. The highest BCUT2D eigenvalue weighted by atomic mass is 35.5. The second-order valence-electron chi connectivity index (χ2n) is 4.01. The van der Waals surface area contributed by atoms with Gasteiger partial charge in [0.25, 0.3) is 0 Å². The number of Topliss-reactive ketones (excluding diaryl/α,β-unsaturated/α-hetero) is 1. The van der Waals surface area contributed by atoms with E-state index in [0.717, 1.165) is 5.56 Å². The SMILES string of the molecule is O=C(CCc1ccccc1)c1c(F)cccc1Cl. The van der Waals surface area contributed by atoms with Crippen molar-refractivity contribution in [2.45, 2.75) is 12.8 Å². The third kappa shape index (κ3) is 2.96. The van der Waals surface area contributed by atoms with Gasteiger partial charge in [-0.25, -0.2) is 4.39 Å². The van der Waals surface area contributed by atoms with E-state index in [1.54, 1.807) is 0 Å². The second kappa shape index (κ2) is 5.78. The maximum atomic E-state index is 13.5. The molecule has 0 heterocycles. The lowest BCUT2D eigenvalue weighted by atomic mass is 10.0. The summed E-state index contributed by atoms with van der Waals surface area (Å²) >= 11 is 5.85. The Kier molecular flexibility index (Phi) is 4.11. The van der Waals surface area contributed by atoms with Crippen LogP contribution in [0.3, 0.4) is 0 Å². The van der Waals surface area contributed by atoms with Crippen molar-refractivity contribution in [3.05, 3.63) is 70.5 Å². The zero-order valence-corrected chi connectivity index (χ0v) is 10.5. The summed E-state index contributed by atoms with van der Waals surface area (Å²) in [5.74, 6) is -0.817. The fourth-order valence-electron chi connectivity index (χ4n) is 1.79. The van der Waals surface area contributed by atoms with Crippen LogP contribution in [0.15, 0.2) is 48.5 Å². The number of carbonyl (C=O) groups is 1. The highest BCUT2D eigenvalue weighted by molar-refractivity contribution is 6.34. The van der Waals surface area contributed by atoms with E-state index in [1.807, 2.05) is 30.3 Å². The van der Waals surface area contributed by atoms with E-state index in [9.17, 15) is 9.18 Å². The third-order valence-electron chi connectivity index (χ3n) is 2.73. The molecule has 2 rings (SSSR count). The van der Waals surface area contributed by atoms with Crippen LogP contribution in [0.2, 0.25) is 5.02 Å². The molecular formula is C15H12ClFO. The summed E-state index contributed by atoms with van der Waals surface area (Å²) in [4.78, 5) is 11.9. The minimum atomic E-state index is -0.555. The number of carbonyl (C=O) groups excluding carboxylic acids is 1. The first-order valence-corrected chi connectivity index (χ1v) is 6.07. The van der Waals surface area contributed by atoms with Gasteiger partial charge in [-0.2, -0.15) is 0 Å². The van der Waals surface area contributed by atoms with E-state index in [-0.39, 0.29) is 22.8 Å². The maximum absolute atomic E-state index is 13.5.